The zero-order chi connectivity index (χ0) is 13.4. The molecule has 0 spiro atoms. The van der Waals surface area contributed by atoms with Crippen LogP contribution in [0.15, 0.2) is 18.2 Å². The van der Waals surface area contributed by atoms with E-state index in [1.54, 1.807) is 26.2 Å². The lowest BCUT2D eigenvalue weighted by Gasteiger charge is -2.10. The Labute approximate surface area is 107 Å². The summed E-state index contributed by atoms with van der Waals surface area (Å²) in [4.78, 5) is 0. The molecule has 0 aromatic heterocycles. The summed E-state index contributed by atoms with van der Waals surface area (Å²) in [7, 11) is 1.61. The van der Waals surface area contributed by atoms with Gasteiger partial charge in [-0.2, -0.15) is 0 Å². The molecule has 0 aliphatic heterocycles. The minimum Gasteiger partial charge on any atom is -0.488 e. The minimum atomic E-state index is -0.401. The van der Waals surface area contributed by atoms with E-state index in [0.717, 1.165) is 5.56 Å². The Balaban J connectivity index is 2.34. The van der Waals surface area contributed by atoms with Crippen LogP contribution in [0.4, 0.5) is 4.39 Å². The summed E-state index contributed by atoms with van der Waals surface area (Å²) >= 11 is 0. The van der Waals surface area contributed by atoms with Crippen LogP contribution in [0.5, 0.6) is 5.75 Å². The van der Waals surface area contributed by atoms with E-state index in [0.29, 0.717) is 26.4 Å². The van der Waals surface area contributed by atoms with Gasteiger partial charge < -0.3 is 19.9 Å². The number of nitrogens with two attached hydrogens (primary N) is 1. The number of hydrogen-bond donors (Lipinski definition) is 1. The maximum atomic E-state index is 13.6. The van der Waals surface area contributed by atoms with E-state index in [9.17, 15) is 4.39 Å². The second kappa shape index (κ2) is 8.02. The molecule has 0 fully saturated rings. The predicted molar refractivity (Wildman–Crippen MR) is 67.2 cm³/mol. The van der Waals surface area contributed by atoms with Gasteiger partial charge in [-0.3, -0.25) is 0 Å². The first kappa shape index (κ1) is 14.9. The first-order chi connectivity index (χ1) is 8.65. The van der Waals surface area contributed by atoms with Gasteiger partial charge in [0, 0.05) is 13.2 Å². The summed E-state index contributed by atoms with van der Waals surface area (Å²) in [5.41, 5.74) is 6.41. The first-order valence-electron chi connectivity index (χ1n) is 5.89. The Morgan fingerprint density at radius 2 is 1.94 bits per heavy atom. The third kappa shape index (κ3) is 5.00. The third-order valence-corrected chi connectivity index (χ3v) is 2.40. The smallest absolute Gasteiger partial charge is 0.165 e. The largest absolute Gasteiger partial charge is 0.488 e. The van der Waals surface area contributed by atoms with Crippen LogP contribution in [-0.4, -0.2) is 33.5 Å². The molecule has 1 atom stereocenters. The van der Waals surface area contributed by atoms with Crippen molar-refractivity contribution in [3.63, 3.8) is 0 Å². The lowest BCUT2D eigenvalue weighted by atomic mass is 10.1. The number of hydrogen-bond acceptors (Lipinski definition) is 4. The molecule has 0 aliphatic rings. The Morgan fingerprint density at radius 3 is 2.56 bits per heavy atom. The molecule has 4 nitrogen and oxygen atoms in total. The van der Waals surface area contributed by atoms with Gasteiger partial charge >= 0.3 is 0 Å². The third-order valence-electron chi connectivity index (χ3n) is 2.40. The fourth-order valence-corrected chi connectivity index (χ4v) is 1.37. The molecule has 1 aromatic rings. The van der Waals surface area contributed by atoms with Crippen molar-refractivity contribution in [2.24, 2.45) is 5.73 Å². The quantitative estimate of drug-likeness (QED) is 0.722. The Kier molecular flexibility index (Phi) is 6.64. The summed E-state index contributed by atoms with van der Waals surface area (Å²) in [6.45, 7) is 3.55. The second-order valence-corrected chi connectivity index (χ2v) is 3.93. The van der Waals surface area contributed by atoms with Gasteiger partial charge in [0.1, 0.15) is 6.61 Å². The molecule has 1 aromatic carbocycles. The maximum absolute atomic E-state index is 13.6. The topological polar surface area (TPSA) is 53.7 Å². The average Bonchev–Trinajstić information content (AvgIpc) is 2.35. The lowest BCUT2D eigenvalue weighted by molar-refractivity contribution is 0.0538. The van der Waals surface area contributed by atoms with Crippen LogP contribution in [0.1, 0.15) is 18.5 Å². The van der Waals surface area contributed by atoms with Crippen molar-refractivity contribution in [1.82, 2.24) is 0 Å². The highest BCUT2D eigenvalue weighted by atomic mass is 19.1. The van der Waals surface area contributed by atoms with Gasteiger partial charge in [0.25, 0.3) is 0 Å². The molecule has 5 heteroatoms. The van der Waals surface area contributed by atoms with Crippen LogP contribution < -0.4 is 10.5 Å². The Bertz CT molecular complexity index is 358. The highest BCUT2D eigenvalue weighted by Crippen LogP contribution is 2.20. The van der Waals surface area contributed by atoms with Crippen LogP contribution in [0.2, 0.25) is 0 Å². The zero-order valence-corrected chi connectivity index (χ0v) is 10.8. The SMILES string of the molecule is COCCOCCOc1ccc(C(C)N)cc1F. The predicted octanol–water partition coefficient (Wildman–Crippen LogP) is 1.89. The minimum absolute atomic E-state index is 0.189. The molecule has 18 heavy (non-hydrogen) atoms. The molecule has 0 bridgehead atoms. The number of methoxy groups -OCH3 is 1. The highest BCUT2D eigenvalue weighted by molar-refractivity contribution is 5.30. The Morgan fingerprint density at radius 1 is 1.22 bits per heavy atom. The van der Waals surface area contributed by atoms with Gasteiger partial charge in [-0.1, -0.05) is 6.07 Å². The van der Waals surface area contributed by atoms with Crippen molar-refractivity contribution in [3.8, 4) is 5.75 Å². The molecule has 0 saturated heterocycles. The standard InChI is InChI=1S/C13H20FNO3/c1-10(15)11-3-4-13(12(14)9-11)18-8-7-17-6-5-16-2/h3-4,9-10H,5-8,15H2,1-2H3. The van der Waals surface area contributed by atoms with Crippen molar-refractivity contribution in [2.75, 3.05) is 33.5 Å². The van der Waals surface area contributed by atoms with Gasteiger partial charge in [0.15, 0.2) is 11.6 Å². The fourth-order valence-electron chi connectivity index (χ4n) is 1.37. The van der Waals surface area contributed by atoms with Gasteiger partial charge in [-0.15, -0.1) is 0 Å². The lowest BCUT2D eigenvalue weighted by Crippen LogP contribution is -2.11. The number of rotatable bonds is 8. The molecule has 102 valence electrons. The van der Waals surface area contributed by atoms with Crippen LogP contribution in [0.3, 0.4) is 0 Å². The number of ether oxygens (including phenoxy) is 3. The van der Waals surface area contributed by atoms with Crippen LogP contribution in [0, 0.1) is 5.82 Å². The van der Waals surface area contributed by atoms with Crippen LogP contribution in [-0.2, 0) is 9.47 Å². The second-order valence-electron chi connectivity index (χ2n) is 3.93. The van der Waals surface area contributed by atoms with Crippen LogP contribution in [0.25, 0.3) is 0 Å². The molecule has 1 unspecified atom stereocenters. The maximum Gasteiger partial charge on any atom is 0.165 e. The van der Waals surface area contributed by atoms with E-state index >= 15 is 0 Å². The normalized spacial score (nSPS) is 12.4. The van der Waals surface area contributed by atoms with Crippen molar-refractivity contribution in [3.05, 3.63) is 29.6 Å². The van der Waals surface area contributed by atoms with Gasteiger partial charge in [-0.25, -0.2) is 4.39 Å². The van der Waals surface area contributed by atoms with Crippen molar-refractivity contribution in [2.45, 2.75) is 13.0 Å². The van der Waals surface area contributed by atoms with E-state index in [2.05, 4.69) is 0 Å². The molecule has 0 saturated carbocycles. The van der Waals surface area contributed by atoms with E-state index in [-0.39, 0.29) is 11.8 Å². The fraction of sp³-hybridized carbons (Fsp3) is 0.538. The monoisotopic (exact) mass is 257 g/mol. The van der Waals surface area contributed by atoms with Crippen molar-refractivity contribution < 1.29 is 18.6 Å². The molecule has 2 N–H and O–H groups in total. The number of benzene rings is 1. The highest BCUT2D eigenvalue weighted by Gasteiger charge is 2.07. The first-order valence-corrected chi connectivity index (χ1v) is 5.89. The van der Waals surface area contributed by atoms with Crippen LogP contribution >= 0.6 is 0 Å². The van der Waals surface area contributed by atoms with Gasteiger partial charge in [0.05, 0.1) is 19.8 Å². The molecule has 1 rings (SSSR count). The molecule has 0 heterocycles. The van der Waals surface area contributed by atoms with Crippen molar-refractivity contribution >= 4 is 0 Å². The summed E-state index contributed by atoms with van der Waals surface area (Å²) < 4.78 is 28.9. The van der Waals surface area contributed by atoms with E-state index in [1.165, 1.54) is 6.07 Å². The van der Waals surface area contributed by atoms with Crippen molar-refractivity contribution in [1.29, 1.82) is 0 Å². The van der Waals surface area contributed by atoms with Gasteiger partial charge in [0.2, 0.25) is 0 Å². The average molecular weight is 257 g/mol. The molecular formula is C13H20FNO3. The summed E-state index contributed by atoms with van der Waals surface area (Å²) in [5.74, 6) is -0.184. The van der Waals surface area contributed by atoms with E-state index < -0.39 is 5.82 Å². The molecule has 0 aliphatic carbocycles. The molecule has 0 radical (unpaired) electrons. The summed E-state index contributed by atoms with van der Waals surface area (Å²) in [5, 5.41) is 0. The van der Waals surface area contributed by atoms with E-state index in [1.807, 2.05) is 0 Å². The summed E-state index contributed by atoms with van der Waals surface area (Å²) in [6, 6.07) is 4.55. The Hall–Kier alpha value is -1.17. The van der Waals surface area contributed by atoms with E-state index in [4.69, 9.17) is 19.9 Å². The number of halogens is 1. The molecule has 0 amide bonds. The summed E-state index contributed by atoms with van der Waals surface area (Å²) in [6.07, 6.45) is 0. The van der Waals surface area contributed by atoms with Gasteiger partial charge in [-0.05, 0) is 24.6 Å². The molecular weight excluding hydrogens is 237 g/mol. The zero-order valence-electron chi connectivity index (χ0n) is 10.8.